The van der Waals surface area contributed by atoms with Crippen molar-refractivity contribution in [2.75, 3.05) is 13.1 Å². The topological polar surface area (TPSA) is 63.7 Å². The number of carbonyl (C=O) groups excluding carboxylic acids is 3. The van der Waals surface area contributed by atoms with Crippen LogP contribution in [0.1, 0.15) is 52.9 Å². The first kappa shape index (κ1) is 15.5. The number of likely N-dealkylation sites (tertiary alicyclic amines) is 1. The van der Waals surface area contributed by atoms with Gasteiger partial charge in [0.15, 0.2) is 0 Å². The molecule has 0 aromatic carbocycles. The number of ether oxygens (including phenoxy) is 1. The highest BCUT2D eigenvalue weighted by Crippen LogP contribution is 2.52. The van der Waals surface area contributed by atoms with Crippen LogP contribution in [0.2, 0.25) is 0 Å². The zero-order chi connectivity index (χ0) is 16.1. The highest BCUT2D eigenvalue weighted by Gasteiger charge is 2.56. The molecule has 2 aliphatic carbocycles. The molecular weight excluding hydrogens is 282 g/mol. The Bertz CT molecular complexity index is 501. The molecular formula is C17H25NO4. The maximum Gasteiger partial charge on any atom is 0.410 e. The molecule has 3 aliphatic rings. The van der Waals surface area contributed by atoms with Crippen LogP contribution in [0, 0.1) is 17.3 Å². The Morgan fingerprint density at radius 2 is 1.59 bits per heavy atom. The molecule has 1 spiro atoms. The Hall–Kier alpha value is -1.39. The summed E-state index contributed by atoms with van der Waals surface area (Å²) in [6.45, 7) is 6.94. The van der Waals surface area contributed by atoms with Gasteiger partial charge in [-0.25, -0.2) is 4.79 Å². The molecule has 1 aliphatic heterocycles. The Morgan fingerprint density at radius 1 is 1.05 bits per heavy atom. The summed E-state index contributed by atoms with van der Waals surface area (Å²) >= 11 is 0. The lowest BCUT2D eigenvalue weighted by molar-refractivity contribution is -0.143. The minimum Gasteiger partial charge on any atom is -0.444 e. The van der Waals surface area contributed by atoms with Crippen LogP contribution in [0.25, 0.3) is 0 Å². The summed E-state index contributed by atoms with van der Waals surface area (Å²) in [5, 5.41) is 0. The lowest BCUT2D eigenvalue weighted by Crippen LogP contribution is -2.65. The molecule has 5 nitrogen and oxygen atoms in total. The first-order valence-electron chi connectivity index (χ1n) is 8.21. The lowest BCUT2D eigenvalue weighted by Gasteiger charge is -2.58. The van der Waals surface area contributed by atoms with Crippen LogP contribution in [0.15, 0.2) is 0 Å². The van der Waals surface area contributed by atoms with E-state index < -0.39 is 5.60 Å². The number of rotatable bonds is 4. The van der Waals surface area contributed by atoms with E-state index in [1.807, 2.05) is 20.8 Å². The Morgan fingerprint density at radius 3 is 2.09 bits per heavy atom. The summed E-state index contributed by atoms with van der Waals surface area (Å²) in [6, 6.07) is 0. The highest BCUT2D eigenvalue weighted by atomic mass is 16.6. The Labute approximate surface area is 131 Å². The van der Waals surface area contributed by atoms with Crippen LogP contribution >= 0.6 is 0 Å². The second kappa shape index (κ2) is 5.07. The monoisotopic (exact) mass is 307 g/mol. The van der Waals surface area contributed by atoms with Crippen LogP contribution < -0.4 is 0 Å². The molecule has 1 saturated heterocycles. The molecule has 3 fully saturated rings. The van der Waals surface area contributed by atoms with Crippen molar-refractivity contribution in [2.24, 2.45) is 17.3 Å². The molecule has 3 rings (SSSR count). The van der Waals surface area contributed by atoms with E-state index >= 15 is 0 Å². The minimum absolute atomic E-state index is 0.0310. The van der Waals surface area contributed by atoms with Gasteiger partial charge in [0.1, 0.15) is 17.2 Å². The van der Waals surface area contributed by atoms with Crippen LogP contribution in [-0.2, 0) is 14.3 Å². The van der Waals surface area contributed by atoms with Gasteiger partial charge in [0, 0.05) is 30.3 Å². The third-order valence-electron chi connectivity index (χ3n) is 4.90. The third kappa shape index (κ3) is 3.18. The Kier molecular flexibility index (Phi) is 3.57. The summed E-state index contributed by atoms with van der Waals surface area (Å²) in [4.78, 5) is 37.4. The van der Waals surface area contributed by atoms with Crippen molar-refractivity contribution < 1.29 is 19.1 Å². The standard InChI is InChI=1S/C17H25NO4/c1-16(2,3)22-15(21)18-9-17(10-18)7-12(8-17)14(20)6-13(19)11-4-5-11/h11-12H,4-10H2,1-3H3. The summed E-state index contributed by atoms with van der Waals surface area (Å²) < 4.78 is 5.34. The highest BCUT2D eigenvalue weighted by molar-refractivity contribution is 6.02. The SMILES string of the molecule is CC(C)(C)OC(=O)N1CC2(CC(C(=O)CC(=O)C3CC3)C2)C1. The minimum atomic E-state index is -0.471. The van der Waals surface area contributed by atoms with Crippen LogP contribution in [0.3, 0.4) is 0 Å². The normalized spacial score (nSPS) is 23.7. The van der Waals surface area contributed by atoms with E-state index in [1.54, 1.807) is 4.90 Å². The van der Waals surface area contributed by atoms with E-state index in [-0.39, 0.29) is 41.3 Å². The number of hydrogen-bond acceptors (Lipinski definition) is 4. The van der Waals surface area contributed by atoms with Crippen molar-refractivity contribution >= 4 is 17.7 Å². The molecule has 1 amide bonds. The molecule has 22 heavy (non-hydrogen) atoms. The van der Waals surface area contributed by atoms with Crippen LogP contribution in [0.4, 0.5) is 4.79 Å². The zero-order valence-corrected chi connectivity index (χ0v) is 13.7. The lowest BCUT2D eigenvalue weighted by atomic mass is 9.56. The summed E-state index contributed by atoms with van der Waals surface area (Å²) in [6.07, 6.45) is 3.43. The summed E-state index contributed by atoms with van der Waals surface area (Å²) in [5.41, 5.74) is -0.360. The van der Waals surface area contributed by atoms with E-state index in [0.29, 0.717) is 13.1 Å². The number of Topliss-reactive ketones (excluding diaryl/α,β-unsaturated/α-hetero) is 2. The van der Waals surface area contributed by atoms with Gasteiger partial charge in [0.05, 0.1) is 6.42 Å². The third-order valence-corrected chi connectivity index (χ3v) is 4.90. The van der Waals surface area contributed by atoms with Crippen molar-refractivity contribution in [3.8, 4) is 0 Å². The van der Waals surface area contributed by atoms with Crippen molar-refractivity contribution in [3.05, 3.63) is 0 Å². The maximum atomic E-state index is 12.1. The molecule has 122 valence electrons. The number of hydrogen-bond donors (Lipinski definition) is 0. The molecule has 0 N–H and O–H groups in total. The molecule has 0 radical (unpaired) electrons. The van der Waals surface area contributed by atoms with Crippen LogP contribution in [0.5, 0.6) is 0 Å². The van der Waals surface area contributed by atoms with Crippen molar-refractivity contribution in [3.63, 3.8) is 0 Å². The first-order valence-corrected chi connectivity index (χ1v) is 8.21. The molecule has 0 aromatic rings. The van der Waals surface area contributed by atoms with E-state index in [0.717, 1.165) is 25.7 Å². The van der Waals surface area contributed by atoms with Gasteiger partial charge in [-0.1, -0.05) is 0 Å². The van der Waals surface area contributed by atoms with E-state index in [2.05, 4.69) is 0 Å². The molecule has 0 unspecified atom stereocenters. The quantitative estimate of drug-likeness (QED) is 0.749. The van der Waals surface area contributed by atoms with Gasteiger partial charge in [0.25, 0.3) is 0 Å². The molecule has 2 saturated carbocycles. The summed E-state index contributed by atoms with van der Waals surface area (Å²) in [5.74, 6) is 0.445. The fourth-order valence-corrected chi connectivity index (χ4v) is 3.56. The second-order valence-electron chi connectivity index (χ2n) is 8.33. The first-order chi connectivity index (χ1) is 10.2. The average Bonchev–Trinajstić information content (AvgIpc) is 3.05. The summed E-state index contributed by atoms with van der Waals surface area (Å²) in [7, 11) is 0. The van der Waals surface area contributed by atoms with Gasteiger partial charge in [0.2, 0.25) is 0 Å². The largest absolute Gasteiger partial charge is 0.444 e. The smallest absolute Gasteiger partial charge is 0.410 e. The van der Waals surface area contributed by atoms with Gasteiger partial charge in [-0.3, -0.25) is 9.59 Å². The van der Waals surface area contributed by atoms with E-state index in [4.69, 9.17) is 4.74 Å². The average molecular weight is 307 g/mol. The number of ketones is 2. The number of carbonyl (C=O) groups is 3. The van der Waals surface area contributed by atoms with Crippen LogP contribution in [-0.4, -0.2) is 41.3 Å². The fourth-order valence-electron chi connectivity index (χ4n) is 3.56. The number of amides is 1. The second-order valence-corrected chi connectivity index (χ2v) is 8.33. The predicted octanol–water partition coefficient (Wildman–Crippen LogP) is 2.57. The molecule has 1 heterocycles. The van der Waals surface area contributed by atoms with Gasteiger partial charge >= 0.3 is 6.09 Å². The predicted molar refractivity (Wildman–Crippen MR) is 80.3 cm³/mol. The molecule has 5 heteroatoms. The molecule has 0 atom stereocenters. The fraction of sp³-hybridized carbons (Fsp3) is 0.824. The number of nitrogens with zero attached hydrogens (tertiary/aromatic N) is 1. The zero-order valence-electron chi connectivity index (χ0n) is 13.7. The van der Waals surface area contributed by atoms with Gasteiger partial charge in [-0.15, -0.1) is 0 Å². The molecule has 0 aromatic heterocycles. The van der Waals surface area contributed by atoms with Gasteiger partial charge < -0.3 is 9.64 Å². The Balaban J connectivity index is 1.40. The van der Waals surface area contributed by atoms with Crippen molar-refractivity contribution in [1.82, 2.24) is 4.90 Å². The van der Waals surface area contributed by atoms with Crippen molar-refractivity contribution in [2.45, 2.75) is 58.5 Å². The van der Waals surface area contributed by atoms with Crippen molar-refractivity contribution in [1.29, 1.82) is 0 Å². The van der Waals surface area contributed by atoms with E-state index in [1.165, 1.54) is 0 Å². The molecule has 0 bridgehead atoms. The van der Waals surface area contributed by atoms with E-state index in [9.17, 15) is 14.4 Å². The van der Waals surface area contributed by atoms with Gasteiger partial charge in [-0.05, 0) is 46.5 Å². The van der Waals surface area contributed by atoms with Gasteiger partial charge in [-0.2, -0.15) is 0 Å². The maximum absolute atomic E-state index is 12.1.